The topological polar surface area (TPSA) is 64.3 Å². The maximum Gasteiger partial charge on any atom is 0.329 e. The predicted molar refractivity (Wildman–Crippen MR) is 70.2 cm³/mol. The quantitative estimate of drug-likeness (QED) is 0.807. The molecule has 1 aromatic carbocycles. The van der Waals surface area contributed by atoms with Gasteiger partial charge in [0.15, 0.2) is 0 Å². The minimum atomic E-state index is -0.932. The van der Waals surface area contributed by atoms with Crippen LogP contribution in [-0.4, -0.2) is 33.8 Å². The summed E-state index contributed by atoms with van der Waals surface area (Å²) in [4.78, 5) is 14.7. The van der Waals surface area contributed by atoms with Gasteiger partial charge in [-0.2, -0.15) is 0 Å². The van der Waals surface area contributed by atoms with Crippen LogP contribution in [0, 0.1) is 0 Å². The molecule has 0 unspecified atom stereocenters. The molecule has 1 fully saturated rings. The van der Waals surface area contributed by atoms with Gasteiger partial charge in [0.05, 0.1) is 24.0 Å². The summed E-state index contributed by atoms with van der Waals surface area (Å²) in [7, 11) is 0. The van der Waals surface area contributed by atoms with Gasteiger partial charge in [-0.1, -0.05) is 6.07 Å². The van der Waals surface area contributed by atoms with Gasteiger partial charge in [0.2, 0.25) is 0 Å². The minimum absolute atomic E-state index is 0.238. The summed E-state index contributed by atoms with van der Waals surface area (Å²) in [6.07, 6.45) is 5.11. The summed E-state index contributed by atoms with van der Waals surface area (Å²) in [5, 5.41) is 8.47. The highest BCUT2D eigenvalue weighted by molar-refractivity contribution is 5.76. The van der Waals surface area contributed by atoms with Crippen molar-refractivity contribution in [3.8, 4) is 0 Å². The first-order valence-corrected chi connectivity index (χ1v) is 6.49. The third kappa shape index (κ3) is 2.76. The van der Waals surface area contributed by atoms with Crippen LogP contribution in [0.2, 0.25) is 0 Å². The molecule has 0 saturated heterocycles. The molecule has 3 rings (SSSR count). The second kappa shape index (κ2) is 5.01. The summed E-state index contributed by atoms with van der Waals surface area (Å²) >= 11 is 0. The molecule has 0 spiro atoms. The van der Waals surface area contributed by atoms with Gasteiger partial charge >= 0.3 is 5.97 Å². The molecule has 2 aromatic rings. The van der Waals surface area contributed by atoms with E-state index in [1.54, 1.807) is 0 Å². The number of hydrogen-bond donors (Lipinski definition) is 1. The standard InChI is InChI=1S/C14H16N2O3/c17-14(18)8-19-6-5-10-1-4-13-12(7-10)15-9-16(13)11-2-3-11/h1,4,7,9,11H,2-3,5-6,8H2,(H,17,18). The van der Waals surface area contributed by atoms with E-state index < -0.39 is 5.97 Å². The molecule has 5 heteroatoms. The highest BCUT2D eigenvalue weighted by Crippen LogP contribution is 2.37. The lowest BCUT2D eigenvalue weighted by Gasteiger charge is -2.04. The van der Waals surface area contributed by atoms with E-state index in [-0.39, 0.29) is 6.61 Å². The number of benzene rings is 1. The van der Waals surface area contributed by atoms with E-state index in [0.29, 0.717) is 19.1 Å². The Bertz CT molecular complexity index is 602. The van der Waals surface area contributed by atoms with Crippen LogP contribution in [0.4, 0.5) is 0 Å². The SMILES string of the molecule is O=C(O)COCCc1ccc2c(c1)ncn2C1CC1. The van der Waals surface area contributed by atoms with Crippen LogP contribution in [0.3, 0.4) is 0 Å². The first-order chi connectivity index (χ1) is 9.24. The highest BCUT2D eigenvalue weighted by Gasteiger charge is 2.24. The zero-order valence-corrected chi connectivity index (χ0v) is 10.6. The first kappa shape index (κ1) is 12.2. The maximum atomic E-state index is 10.3. The summed E-state index contributed by atoms with van der Waals surface area (Å²) in [6.45, 7) is 0.180. The molecule has 100 valence electrons. The molecule has 1 aromatic heterocycles. The molecule has 1 aliphatic rings. The Morgan fingerprint density at radius 2 is 2.32 bits per heavy atom. The molecule has 1 saturated carbocycles. The Morgan fingerprint density at radius 1 is 1.47 bits per heavy atom. The Hall–Kier alpha value is -1.88. The molecule has 1 N–H and O–H groups in total. The van der Waals surface area contributed by atoms with E-state index in [4.69, 9.17) is 9.84 Å². The molecule has 0 atom stereocenters. The van der Waals surface area contributed by atoms with Gasteiger partial charge in [0, 0.05) is 6.04 Å². The zero-order valence-electron chi connectivity index (χ0n) is 10.6. The average molecular weight is 260 g/mol. The number of rotatable bonds is 6. The van der Waals surface area contributed by atoms with Gasteiger partial charge in [0.1, 0.15) is 6.61 Å². The van der Waals surface area contributed by atoms with Crippen LogP contribution in [0.5, 0.6) is 0 Å². The van der Waals surface area contributed by atoms with Crippen LogP contribution >= 0.6 is 0 Å². The maximum absolute atomic E-state index is 10.3. The highest BCUT2D eigenvalue weighted by atomic mass is 16.5. The fourth-order valence-corrected chi connectivity index (χ4v) is 2.23. The molecular weight excluding hydrogens is 244 g/mol. The number of carboxylic acid groups (broad SMARTS) is 1. The molecule has 19 heavy (non-hydrogen) atoms. The number of nitrogens with zero attached hydrogens (tertiary/aromatic N) is 2. The van der Waals surface area contributed by atoms with E-state index in [9.17, 15) is 4.79 Å². The Morgan fingerprint density at radius 3 is 3.05 bits per heavy atom. The average Bonchev–Trinajstić information content (AvgIpc) is 3.15. The van der Waals surface area contributed by atoms with Crippen molar-refractivity contribution in [1.29, 1.82) is 0 Å². The number of fused-ring (bicyclic) bond motifs is 1. The van der Waals surface area contributed by atoms with Gasteiger partial charge in [-0.15, -0.1) is 0 Å². The fourth-order valence-electron chi connectivity index (χ4n) is 2.23. The lowest BCUT2D eigenvalue weighted by atomic mass is 10.1. The van der Waals surface area contributed by atoms with Crippen LogP contribution in [0.15, 0.2) is 24.5 Å². The normalized spacial score (nSPS) is 14.9. The number of imidazole rings is 1. The number of aliphatic carboxylic acids is 1. The lowest BCUT2D eigenvalue weighted by molar-refractivity contribution is -0.142. The summed E-state index contributed by atoms with van der Waals surface area (Å²) in [6, 6.07) is 6.84. The fraction of sp³-hybridized carbons (Fsp3) is 0.429. The molecular formula is C14H16N2O3. The van der Waals surface area contributed by atoms with Crippen molar-refractivity contribution in [3.05, 3.63) is 30.1 Å². The zero-order chi connectivity index (χ0) is 13.2. The van der Waals surface area contributed by atoms with Crippen molar-refractivity contribution >= 4 is 17.0 Å². The van der Waals surface area contributed by atoms with Crippen LogP contribution < -0.4 is 0 Å². The van der Waals surface area contributed by atoms with Crippen LogP contribution in [0.25, 0.3) is 11.0 Å². The number of ether oxygens (including phenoxy) is 1. The minimum Gasteiger partial charge on any atom is -0.480 e. The van der Waals surface area contributed by atoms with Gasteiger partial charge in [0.25, 0.3) is 0 Å². The molecule has 1 aliphatic carbocycles. The second-order valence-electron chi connectivity index (χ2n) is 4.90. The molecule has 0 amide bonds. The predicted octanol–water partition coefficient (Wildman–Crippen LogP) is 2.01. The van der Waals surface area contributed by atoms with Crippen molar-refractivity contribution in [1.82, 2.24) is 9.55 Å². The van der Waals surface area contributed by atoms with Gasteiger partial charge < -0.3 is 14.4 Å². The van der Waals surface area contributed by atoms with E-state index in [2.05, 4.69) is 27.8 Å². The number of hydrogen-bond acceptors (Lipinski definition) is 3. The molecule has 1 heterocycles. The third-order valence-electron chi connectivity index (χ3n) is 3.34. The number of aromatic nitrogens is 2. The van der Waals surface area contributed by atoms with Crippen molar-refractivity contribution < 1.29 is 14.6 Å². The van der Waals surface area contributed by atoms with Crippen molar-refractivity contribution in [3.63, 3.8) is 0 Å². The summed E-state index contributed by atoms with van der Waals surface area (Å²) in [5.41, 5.74) is 3.30. The van der Waals surface area contributed by atoms with Gasteiger partial charge in [-0.25, -0.2) is 9.78 Å². The van der Waals surface area contributed by atoms with Gasteiger partial charge in [-0.3, -0.25) is 0 Å². The van der Waals surface area contributed by atoms with Crippen molar-refractivity contribution in [2.24, 2.45) is 0 Å². The second-order valence-corrected chi connectivity index (χ2v) is 4.90. The van der Waals surface area contributed by atoms with Crippen LogP contribution in [-0.2, 0) is 16.0 Å². The summed E-state index contributed by atoms with van der Waals surface area (Å²) in [5.74, 6) is -0.932. The first-order valence-electron chi connectivity index (χ1n) is 6.49. The van der Waals surface area contributed by atoms with Crippen molar-refractivity contribution in [2.75, 3.05) is 13.2 Å². The smallest absolute Gasteiger partial charge is 0.329 e. The van der Waals surface area contributed by atoms with E-state index in [0.717, 1.165) is 11.1 Å². The Balaban J connectivity index is 1.66. The number of carbonyl (C=O) groups is 1. The van der Waals surface area contributed by atoms with Crippen LogP contribution in [0.1, 0.15) is 24.4 Å². The van der Waals surface area contributed by atoms with E-state index in [1.165, 1.54) is 18.4 Å². The van der Waals surface area contributed by atoms with E-state index in [1.807, 2.05) is 6.33 Å². The Labute approximate surface area is 110 Å². The third-order valence-corrected chi connectivity index (χ3v) is 3.34. The Kier molecular flexibility index (Phi) is 3.21. The van der Waals surface area contributed by atoms with Gasteiger partial charge in [-0.05, 0) is 37.0 Å². The molecule has 0 aliphatic heterocycles. The number of carboxylic acids is 1. The summed E-state index contributed by atoms with van der Waals surface area (Å²) < 4.78 is 7.28. The van der Waals surface area contributed by atoms with E-state index >= 15 is 0 Å². The monoisotopic (exact) mass is 260 g/mol. The molecule has 0 bridgehead atoms. The molecule has 0 radical (unpaired) electrons. The molecule has 5 nitrogen and oxygen atoms in total. The largest absolute Gasteiger partial charge is 0.480 e. The lowest BCUT2D eigenvalue weighted by Crippen LogP contribution is -2.09. The van der Waals surface area contributed by atoms with Crippen molar-refractivity contribution in [2.45, 2.75) is 25.3 Å².